The van der Waals surface area contributed by atoms with E-state index in [2.05, 4.69) is 12.3 Å². The minimum absolute atomic E-state index is 0.907. The van der Waals surface area contributed by atoms with Gasteiger partial charge in [0.05, 0.1) is 0 Å². The van der Waals surface area contributed by atoms with Crippen LogP contribution in [0.3, 0.4) is 0 Å². The van der Waals surface area contributed by atoms with Crippen LogP contribution in [-0.2, 0) is 0 Å². The van der Waals surface area contributed by atoms with Gasteiger partial charge in [-0.25, -0.2) is 0 Å². The molecule has 0 amide bonds. The first-order valence-corrected chi connectivity index (χ1v) is 4.18. The highest BCUT2D eigenvalue weighted by molar-refractivity contribution is 4.86. The Morgan fingerprint density at radius 1 is 1.60 bits per heavy atom. The first-order valence-electron chi connectivity index (χ1n) is 4.18. The third-order valence-electron chi connectivity index (χ3n) is 2.22. The van der Waals surface area contributed by atoms with Crippen LogP contribution >= 0.6 is 0 Å². The zero-order valence-electron chi connectivity index (χ0n) is 6.47. The molecular formula is C10H15. The van der Waals surface area contributed by atoms with Gasteiger partial charge in [-0.2, -0.15) is 0 Å². The zero-order valence-corrected chi connectivity index (χ0v) is 6.47. The first kappa shape index (κ1) is 7.66. The number of rotatable bonds is 2. The molecular weight excluding hydrogens is 120 g/mol. The van der Waals surface area contributed by atoms with Gasteiger partial charge in [0.25, 0.3) is 0 Å². The summed E-state index contributed by atoms with van der Waals surface area (Å²) in [5.41, 5.74) is 0. The second kappa shape index (κ2) is 4.39. The Balaban J connectivity index is 2.09. The molecule has 0 heteroatoms. The molecule has 0 bridgehead atoms. The fourth-order valence-corrected chi connectivity index (χ4v) is 1.57. The molecule has 0 spiro atoms. The van der Waals surface area contributed by atoms with Crippen LogP contribution in [-0.4, -0.2) is 0 Å². The highest BCUT2D eigenvalue weighted by Crippen LogP contribution is 2.26. The van der Waals surface area contributed by atoms with Crippen LogP contribution in [0.15, 0.2) is 0 Å². The number of hydrogen-bond donors (Lipinski definition) is 0. The molecule has 1 unspecified atom stereocenters. The highest BCUT2D eigenvalue weighted by atomic mass is 14.2. The Hall–Kier alpha value is -0.440. The summed E-state index contributed by atoms with van der Waals surface area (Å²) < 4.78 is 0. The molecule has 0 N–H and O–H groups in total. The molecule has 0 heterocycles. The summed E-state index contributed by atoms with van der Waals surface area (Å²) in [6.45, 7) is 0. The molecule has 1 rings (SSSR count). The second-order valence-corrected chi connectivity index (χ2v) is 3.06. The minimum atomic E-state index is 0.907. The lowest BCUT2D eigenvalue weighted by Gasteiger charge is -2.19. The van der Waals surface area contributed by atoms with E-state index >= 15 is 0 Å². The van der Waals surface area contributed by atoms with E-state index in [0.29, 0.717) is 0 Å². The van der Waals surface area contributed by atoms with E-state index in [4.69, 9.17) is 6.42 Å². The van der Waals surface area contributed by atoms with E-state index in [0.717, 1.165) is 12.3 Å². The molecule has 1 aliphatic rings. The van der Waals surface area contributed by atoms with E-state index in [9.17, 15) is 0 Å². The van der Waals surface area contributed by atoms with Crippen LogP contribution in [0, 0.1) is 24.7 Å². The highest BCUT2D eigenvalue weighted by Gasteiger charge is 2.11. The number of hydrogen-bond acceptors (Lipinski definition) is 0. The Kier molecular flexibility index (Phi) is 3.36. The van der Waals surface area contributed by atoms with E-state index in [1.54, 1.807) is 0 Å². The van der Waals surface area contributed by atoms with Crippen LogP contribution in [0.2, 0.25) is 0 Å². The monoisotopic (exact) mass is 135 g/mol. The van der Waals surface area contributed by atoms with Gasteiger partial charge in [0, 0.05) is 6.42 Å². The Bertz CT molecular complexity index is 112. The molecule has 0 saturated heterocycles. The van der Waals surface area contributed by atoms with Crippen molar-refractivity contribution in [2.75, 3.05) is 0 Å². The molecule has 0 aromatic rings. The SMILES string of the molecule is C#CCCC1C[CH]CCC1. The van der Waals surface area contributed by atoms with Gasteiger partial charge in [0.2, 0.25) is 0 Å². The maximum atomic E-state index is 5.19. The predicted octanol–water partition coefficient (Wildman–Crippen LogP) is 2.79. The van der Waals surface area contributed by atoms with Crippen molar-refractivity contribution in [1.82, 2.24) is 0 Å². The van der Waals surface area contributed by atoms with Crippen LogP contribution in [0.25, 0.3) is 0 Å². The predicted molar refractivity (Wildman–Crippen MR) is 44.3 cm³/mol. The molecule has 1 atom stereocenters. The Morgan fingerprint density at radius 2 is 2.50 bits per heavy atom. The summed E-state index contributed by atoms with van der Waals surface area (Å²) in [6, 6.07) is 0. The topological polar surface area (TPSA) is 0 Å². The van der Waals surface area contributed by atoms with Crippen molar-refractivity contribution < 1.29 is 0 Å². The standard InChI is InChI=1S/C10H15/c1-2-3-7-10-8-5-4-6-9-10/h1,5,10H,3-4,6-9H2. The summed E-state index contributed by atoms with van der Waals surface area (Å²) >= 11 is 0. The van der Waals surface area contributed by atoms with Crippen molar-refractivity contribution in [3.63, 3.8) is 0 Å². The summed E-state index contributed by atoms with van der Waals surface area (Å²) in [4.78, 5) is 0. The van der Waals surface area contributed by atoms with Crippen molar-refractivity contribution in [2.24, 2.45) is 5.92 Å². The summed E-state index contributed by atoms with van der Waals surface area (Å²) in [6.07, 6.45) is 15.2. The average molecular weight is 135 g/mol. The van der Waals surface area contributed by atoms with Crippen molar-refractivity contribution in [1.29, 1.82) is 0 Å². The van der Waals surface area contributed by atoms with Crippen LogP contribution in [0.4, 0.5) is 0 Å². The maximum absolute atomic E-state index is 5.19. The molecule has 0 aromatic heterocycles. The van der Waals surface area contributed by atoms with Crippen molar-refractivity contribution in [3.05, 3.63) is 6.42 Å². The van der Waals surface area contributed by atoms with Gasteiger partial charge in [-0.1, -0.05) is 19.3 Å². The largest absolute Gasteiger partial charge is 0.120 e. The zero-order chi connectivity index (χ0) is 7.23. The van der Waals surface area contributed by atoms with Crippen LogP contribution in [0.5, 0.6) is 0 Å². The molecule has 1 fully saturated rings. The Morgan fingerprint density at radius 3 is 3.10 bits per heavy atom. The van der Waals surface area contributed by atoms with E-state index in [1.165, 1.54) is 32.1 Å². The summed E-state index contributed by atoms with van der Waals surface area (Å²) in [5.74, 6) is 3.61. The smallest absolute Gasteiger partial charge is 0.00886 e. The van der Waals surface area contributed by atoms with Gasteiger partial charge >= 0.3 is 0 Å². The normalized spacial score (nSPS) is 20.3. The lowest BCUT2D eigenvalue weighted by Crippen LogP contribution is -2.05. The molecule has 1 aliphatic carbocycles. The summed E-state index contributed by atoms with van der Waals surface area (Å²) in [5, 5.41) is 0. The number of terminal acetylenes is 1. The summed E-state index contributed by atoms with van der Waals surface area (Å²) in [7, 11) is 0. The average Bonchev–Trinajstić information content (AvgIpc) is 2.03. The fraction of sp³-hybridized carbons (Fsp3) is 0.700. The molecule has 1 saturated carbocycles. The van der Waals surface area contributed by atoms with Gasteiger partial charge < -0.3 is 0 Å². The maximum Gasteiger partial charge on any atom is 0.00886 e. The molecule has 1 radical (unpaired) electrons. The molecule has 0 nitrogen and oxygen atoms in total. The third-order valence-corrected chi connectivity index (χ3v) is 2.22. The molecule has 55 valence electrons. The Labute approximate surface area is 64.0 Å². The van der Waals surface area contributed by atoms with Gasteiger partial charge in [-0.05, 0) is 25.2 Å². The van der Waals surface area contributed by atoms with E-state index in [1.807, 2.05) is 0 Å². The van der Waals surface area contributed by atoms with Crippen molar-refractivity contribution in [3.8, 4) is 12.3 Å². The van der Waals surface area contributed by atoms with Gasteiger partial charge in [0.15, 0.2) is 0 Å². The van der Waals surface area contributed by atoms with Crippen molar-refractivity contribution >= 4 is 0 Å². The lowest BCUT2D eigenvalue weighted by molar-refractivity contribution is 0.393. The second-order valence-electron chi connectivity index (χ2n) is 3.06. The van der Waals surface area contributed by atoms with Gasteiger partial charge in [-0.3, -0.25) is 0 Å². The van der Waals surface area contributed by atoms with E-state index < -0.39 is 0 Å². The van der Waals surface area contributed by atoms with Gasteiger partial charge in [0.1, 0.15) is 0 Å². The first-order chi connectivity index (χ1) is 4.93. The van der Waals surface area contributed by atoms with Crippen LogP contribution < -0.4 is 0 Å². The third kappa shape index (κ3) is 2.43. The molecule has 0 aromatic carbocycles. The molecule has 10 heavy (non-hydrogen) atoms. The van der Waals surface area contributed by atoms with Crippen LogP contribution in [0.1, 0.15) is 38.5 Å². The van der Waals surface area contributed by atoms with E-state index in [-0.39, 0.29) is 0 Å². The fourth-order valence-electron chi connectivity index (χ4n) is 1.57. The molecule has 0 aliphatic heterocycles. The quantitative estimate of drug-likeness (QED) is 0.511. The lowest BCUT2D eigenvalue weighted by atomic mass is 9.86. The van der Waals surface area contributed by atoms with Gasteiger partial charge in [-0.15, -0.1) is 12.3 Å². The van der Waals surface area contributed by atoms with Crippen molar-refractivity contribution in [2.45, 2.75) is 38.5 Å². The minimum Gasteiger partial charge on any atom is -0.120 e.